The van der Waals surface area contributed by atoms with Gasteiger partial charge >= 0.3 is 0 Å². The van der Waals surface area contributed by atoms with Crippen molar-refractivity contribution in [1.29, 1.82) is 0 Å². The minimum atomic E-state index is -0.376. The fourth-order valence-corrected chi connectivity index (χ4v) is 2.05. The summed E-state index contributed by atoms with van der Waals surface area (Å²) in [6.07, 6.45) is -0.127. The highest BCUT2D eigenvalue weighted by Crippen LogP contribution is 2.27. The van der Waals surface area contributed by atoms with Crippen LogP contribution in [0.15, 0.2) is 12.1 Å². The minimum Gasteiger partial charge on any atom is -0.507 e. The Morgan fingerprint density at radius 2 is 2.05 bits per heavy atom. The molecular formula is C13H20ClN3O2. The van der Waals surface area contributed by atoms with E-state index in [9.17, 15) is 9.90 Å². The van der Waals surface area contributed by atoms with Crippen molar-refractivity contribution in [3.05, 3.63) is 22.7 Å². The molecule has 0 bridgehead atoms. The lowest BCUT2D eigenvalue weighted by atomic mass is 10.1. The predicted molar refractivity (Wildman–Crippen MR) is 77.4 cm³/mol. The molecule has 0 aliphatic heterocycles. The molecule has 0 spiro atoms. The Morgan fingerprint density at radius 1 is 1.47 bits per heavy atom. The number of hydrogen-bond acceptors (Lipinski definition) is 4. The van der Waals surface area contributed by atoms with Crippen LogP contribution in [0.5, 0.6) is 5.75 Å². The second-order valence-corrected chi connectivity index (χ2v) is 4.67. The quantitative estimate of drug-likeness (QED) is 0.571. The average Bonchev–Trinajstić information content (AvgIpc) is 2.35. The van der Waals surface area contributed by atoms with Gasteiger partial charge in [-0.3, -0.25) is 9.69 Å². The van der Waals surface area contributed by atoms with Crippen molar-refractivity contribution >= 4 is 23.2 Å². The SMILES string of the molecule is CCN(CC)C(C)NC(=O)c1cc(Cl)c(N)cc1O. The topological polar surface area (TPSA) is 78.6 Å². The normalized spacial score (nSPS) is 12.5. The fourth-order valence-electron chi connectivity index (χ4n) is 1.89. The first-order chi connectivity index (χ1) is 8.90. The zero-order valence-electron chi connectivity index (χ0n) is 11.4. The van der Waals surface area contributed by atoms with Gasteiger partial charge < -0.3 is 16.2 Å². The van der Waals surface area contributed by atoms with Gasteiger partial charge in [0.05, 0.1) is 22.4 Å². The number of halogens is 1. The molecule has 1 aromatic rings. The van der Waals surface area contributed by atoms with Crippen LogP contribution in [0.1, 0.15) is 31.1 Å². The summed E-state index contributed by atoms with van der Waals surface area (Å²) in [5, 5.41) is 12.8. The summed E-state index contributed by atoms with van der Waals surface area (Å²) >= 11 is 5.86. The molecule has 1 aromatic carbocycles. The number of aromatic hydroxyl groups is 1. The van der Waals surface area contributed by atoms with Crippen LogP contribution >= 0.6 is 11.6 Å². The van der Waals surface area contributed by atoms with Gasteiger partial charge in [-0.15, -0.1) is 0 Å². The molecular weight excluding hydrogens is 266 g/mol. The largest absolute Gasteiger partial charge is 0.507 e. The molecule has 1 rings (SSSR count). The van der Waals surface area contributed by atoms with Gasteiger partial charge in [-0.1, -0.05) is 25.4 Å². The number of nitrogen functional groups attached to an aromatic ring is 1. The van der Waals surface area contributed by atoms with E-state index in [4.69, 9.17) is 17.3 Å². The summed E-state index contributed by atoms with van der Waals surface area (Å²) < 4.78 is 0. The lowest BCUT2D eigenvalue weighted by molar-refractivity contribution is 0.0872. The van der Waals surface area contributed by atoms with Crippen LogP contribution in [0.25, 0.3) is 0 Å². The minimum absolute atomic E-state index is 0.123. The monoisotopic (exact) mass is 285 g/mol. The highest BCUT2D eigenvalue weighted by molar-refractivity contribution is 6.33. The lowest BCUT2D eigenvalue weighted by Crippen LogP contribution is -2.46. The van der Waals surface area contributed by atoms with Gasteiger partial charge in [0.15, 0.2) is 0 Å². The molecule has 0 aromatic heterocycles. The van der Waals surface area contributed by atoms with Gasteiger partial charge in [0, 0.05) is 6.07 Å². The lowest BCUT2D eigenvalue weighted by Gasteiger charge is -2.27. The maximum Gasteiger partial charge on any atom is 0.256 e. The molecule has 6 heteroatoms. The maximum atomic E-state index is 12.1. The van der Waals surface area contributed by atoms with Gasteiger partial charge in [-0.25, -0.2) is 0 Å². The number of nitrogens with zero attached hydrogens (tertiary/aromatic N) is 1. The van der Waals surface area contributed by atoms with Crippen LogP contribution in [-0.2, 0) is 0 Å². The molecule has 0 radical (unpaired) electrons. The van der Waals surface area contributed by atoms with Crippen LogP contribution in [-0.4, -0.2) is 35.2 Å². The Hall–Kier alpha value is -1.46. The van der Waals surface area contributed by atoms with E-state index in [-0.39, 0.29) is 34.1 Å². The summed E-state index contributed by atoms with van der Waals surface area (Å²) in [6.45, 7) is 7.58. The van der Waals surface area contributed by atoms with Crippen molar-refractivity contribution in [1.82, 2.24) is 10.2 Å². The van der Waals surface area contributed by atoms with Crippen LogP contribution in [0, 0.1) is 0 Å². The molecule has 19 heavy (non-hydrogen) atoms. The van der Waals surface area contributed by atoms with Gasteiger partial charge in [0.1, 0.15) is 5.75 Å². The average molecular weight is 286 g/mol. The Morgan fingerprint density at radius 3 is 2.58 bits per heavy atom. The fraction of sp³-hybridized carbons (Fsp3) is 0.462. The smallest absolute Gasteiger partial charge is 0.256 e. The Labute approximate surface area is 118 Å². The van der Waals surface area contributed by atoms with E-state index in [2.05, 4.69) is 10.2 Å². The van der Waals surface area contributed by atoms with Gasteiger partial charge in [0.2, 0.25) is 0 Å². The van der Waals surface area contributed by atoms with Gasteiger partial charge in [0.25, 0.3) is 5.91 Å². The summed E-state index contributed by atoms with van der Waals surface area (Å²) in [5.74, 6) is -0.551. The molecule has 5 nitrogen and oxygen atoms in total. The molecule has 4 N–H and O–H groups in total. The number of carbonyl (C=O) groups excluding carboxylic acids is 1. The third-order valence-corrected chi connectivity index (χ3v) is 3.39. The van der Waals surface area contributed by atoms with Crippen LogP contribution in [0.2, 0.25) is 5.02 Å². The number of nitrogens with one attached hydrogen (secondary N) is 1. The van der Waals surface area contributed by atoms with Crippen LogP contribution in [0.4, 0.5) is 5.69 Å². The third kappa shape index (κ3) is 3.75. The van der Waals surface area contributed by atoms with E-state index >= 15 is 0 Å². The van der Waals surface area contributed by atoms with E-state index in [1.807, 2.05) is 20.8 Å². The molecule has 1 amide bonds. The Bertz CT molecular complexity index is 461. The van der Waals surface area contributed by atoms with Crippen molar-refractivity contribution in [2.75, 3.05) is 18.8 Å². The van der Waals surface area contributed by atoms with E-state index in [0.717, 1.165) is 13.1 Å². The summed E-state index contributed by atoms with van der Waals surface area (Å²) in [7, 11) is 0. The first-order valence-electron chi connectivity index (χ1n) is 6.23. The maximum absolute atomic E-state index is 12.1. The van der Waals surface area contributed by atoms with Crippen molar-refractivity contribution in [3.63, 3.8) is 0 Å². The second kappa shape index (κ2) is 6.63. The zero-order chi connectivity index (χ0) is 14.6. The van der Waals surface area contributed by atoms with E-state index in [1.165, 1.54) is 12.1 Å². The number of phenols is 1. The predicted octanol–water partition coefficient (Wildman–Crippen LogP) is 2.05. The van der Waals surface area contributed by atoms with E-state index in [1.54, 1.807) is 0 Å². The number of nitrogens with two attached hydrogens (primary N) is 1. The Balaban J connectivity index is 2.87. The molecule has 0 aliphatic rings. The van der Waals surface area contributed by atoms with Gasteiger partial charge in [-0.05, 0) is 26.1 Å². The van der Waals surface area contributed by atoms with Crippen molar-refractivity contribution in [3.8, 4) is 5.75 Å². The summed E-state index contributed by atoms with van der Waals surface area (Å²) in [5.41, 5.74) is 5.92. The van der Waals surface area contributed by atoms with Crippen LogP contribution < -0.4 is 11.1 Å². The molecule has 0 saturated heterocycles. The number of rotatable bonds is 5. The second-order valence-electron chi connectivity index (χ2n) is 4.26. The highest BCUT2D eigenvalue weighted by Gasteiger charge is 2.18. The molecule has 0 fully saturated rings. The highest BCUT2D eigenvalue weighted by atomic mass is 35.5. The van der Waals surface area contributed by atoms with Gasteiger partial charge in [-0.2, -0.15) is 0 Å². The Kier molecular flexibility index (Phi) is 5.44. The first kappa shape index (κ1) is 15.6. The molecule has 0 aliphatic carbocycles. The number of anilines is 1. The molecule has 0 saturated carbocycles. The molecule has 1 atom stereocenters. The number of carbonyl (C=O) groups is 1. The van der Waals surface area contributed by atoms with E-state index in [0.29, 0.717) is 0 Å². The summed E-state index contributed by atoms with van der Waals surface area (Å²) in [4.78, 5) is 14.2. The number of benzene rings is 1. The third-order valence-electron chi connectivity index (χ3n) is 3.06. The molecule has 106 valence electrons. The van der Waals surface area contributed by atoms with Crippen molar-refractivity contribution < 1.29 is 9.90 Å². The van der Waals surface area contributed by atoms with Crippen molar-refractivity contribution in [2.24, 2.45) is 0 Å². The van der Waals surface area contributed by atoms with Crippen LogP contribution in [0.3, 0.4) is 0 Å². The number of phenolic OH excluding ortho intramolecular Hbond substituents is 1. The first-order valence-corrected chi connectivity index (χ1v) is 6.61. The summed E-state index contributed by atoms with van der Waals surface area (Å²) in [6, 6.07) is 2.65. The van der Waals surface area contributed by atoms with E-state index < -0.39 is 0 Å². The number of hydrogen-bond donors (Lipinski definition) is 3. The zero-order valence-corrected chi connectivity index (χ0v) is 12.2. The molecule has 1 unspecified atom stereocenters. The molecule has 0 heterocycles. The number of amides is 1. The van der Waals surface area contributed by atoms with Crippen molar-refractivity contribution in [2.45, 2.75) is 26.9 Å². The standard InChI is InChI=1S/C13H20ClN3O2/c1-4-17(5-2)8(3)16-13(19)9-6-10(14)11(15)7-12(9)18/h6-8,18H,4-5,15H2,1-3H3,(H,16,19).